The van der Waals surface area contributed by atoms with Gasteiger partial charge in [0.25, 0.3) is 10.0 Å². The van der Waals surface area contributed by atoms with Crippen LogP contribution in [0.15, 0.2) is 35.2 Å². The molecule has 1 N–H and O–H groups in total. The largest absolute Gasteiger partial charge is 0.496 e. The van der Waals surface area contributed by atoms with Gasteiger partial charge in [-0.2, -0.15) is 13.2 Å². The molecule has 0 spiro atoms. The summed E-state index contributed by atoms with van der Waals surface area (Å²) in [4.78, 5) is 0.857. The van der Waals surface area contributed by atoms with Gasteiger partial charge in [0.2, 0.25) is 0 Å². The third-order valence-electron chi connectivity index (χ3n) is 4.81. The molecule has 1 atom stereocenters. The number of anilines is 1. The molecule has 30 heavy (non-hydrogen) atoms. The summed E-state index contributed by atoms with van der Waals surface area (Å²) in [6.45, 7) is 0.256. The molecule has 1 aliphatic rings. The quantitative estimate of drug-likeness (QED) is 0.709. The third kappa shape index (κ3) is 4.31. The summed E-state index contributed by atoms with van der Waals surface area (Å²) in [6, 6.07) is 4.25. The van der Waals surface area contributed by atoms with E-state index in [1.54, 1.807) is 0 Å². The highest BCUT2D eigenvalue weighted by molar-refractivity contribution is 7.92. The third-order valence-corrected chi connectivity index (χ3v) is 6.23. The van der Waals surface area contributed by atoms with Crippen LogP contribution < -0.4 is 14.2 Å². The van der Waals surface area contributed by atoms with Gasteiger partial charge in [-0.3, -0.25) is 4.72 Å². The fourth-order valence-electron chi connectivity index (χ4n) is 3.20. The number of hydrogen-bond acceptors (Lipinski definition) is 5. The van der Waals surface area contributed by atoms with Crippen molar-refractivity contribution in [2.24, 2.45) is 0 Å². The Bertz CT molecular complexity index is 1060. The number of nitrogens with one attached hydrogen (secondary N) is 1. The van der Waals surface area contributed by atoms with E-state index in [9.17, 15) is 26.0 Å². The zero-order valence-electron chi connectivity index (χ0n) is 16.4. The molecule has 0 amide bonds. The molecule has 3 rings (SSSR count). The zero-order chi connectivity index (χ0) is 22.3. The highest BCUT2D eigenvalue weighted by Gasteiger charge is 2.38. The molecule has 0 fully saturated rings. The maximum absolute atomic E-state index is 13.3. The van der Waals surface area contributed by atoms with E-state index in [-0.39, 0.29) is 30.2 Å². The molecule has 1 heterocycles. The molecule has 6 nitrogen and oxygen atoms in total. The SMILES string of the molecule is COc1ccc(NS(=O)(=O)c2ccc(F)cc2C(F)(F)F)c2c1C[C@@H](N(C)C)CO2. The highest BCUT2D eigenvalue weighted by atomic mass is 32.2. The molecule has 0 aromatic heterocycles. The van der Waals surface area contributed by atoms with E-state index >= 15 is 0 Å². The fourth-order valence-corrected chi connectivity index (χ4v) is 4.47. The van der Waals surface area contributed by atoms with Gasteiger partial charge in [-0.05, 0) is 50.8 Å². The number of sulfonamides is 1. The summed E-state index contributed by atoms with van der Waals surface area (Å²) in [5.74, 6) is -0.537. The number of nitrogens with zero attached hydrogens (tertiary/aromatic N) is 1. The first-order valence-corrected chi connectivity index (χ1v) is 10.3. The van der Waals surface area contributed by atoms with Crippen LogP contribution in [-0.4, -0.2) is 47.2 Å². The predicted octanol–water partition coefficient (Wildman–Crippen LogP) is 3.52. The number of hydrogen-bond donors (Lipinski definition) is 1. The normalized spacial score (nSPS) is 16.7. The lowest BCUT2D eigenvalue weighted by Crippen LogP contribution is -2.38. The molecule has 0 unspecified atom stereocenters. The van der Waals surface area contributed by atoms with Gasteiger partial charge in [0, 0.05) is 11.6 Å². The molecular formula is C19H20F4N2O4S. The molecule has 2 aromatic carbocycles. The lowest BCUT2D eigenvalue weighted by atomic mass is 10.00. The summed E-state index contributed by atoms with van der Waals surface area (Å²) < 4.78 is 91.9. The first kappa shape index (κ1) is 22.2. The average molecular weight is 448 g/mol. The van der Waals surface area contributed by atoms with E-state index < -0.39 is 32.5 Å². The van der Waals surface area contributed by atoms with Gasteiger partial charge in [0.1, 0.15) is 23.9 Å². The van der Waals surface area contributed by atoms with Gasteiger partial charge >= 0.3 is 6.18 Å². The highest BCUT2D eigenvalue weighted by Crippen LogP contribution is 2.41. The number of rotatable bonds is 5. The van der Waals surface area contributed by atoms with E-state index in [1.165, 1.54) is 19.2 Å². The maximum atomic E-state index is 13.3. The van der Waals surface area contributed by atoms with Crippen LogP contribution in [0, 0.1) is 5.82 Å². The van der Waals surface area contributed by atoms with Crippen molar-refractivity contribution in [3.05, 3.63) is 47.3 Å². The Kier molecular flexibility index (Phi) is 5.87. The molecule has 164 valence electrons. The van der Waals surface area contributed by atoms with Crippen molar-refractivity contribution in [2.45, 2.75) is 23.5 Å². The van der Waals surface area contributed by atoms with Crippen molar-refractivity contribution in [3.8, 4) is 11.5 Å². The van der Waals surface area contributed by atoms with E-state index in [4.69, 9.17) is 9.47 Å². The minimum absolute atomic E-state index is 0.00666. The summed E-state index contributed by atoms with van der Waals surface area (Å²) >= 11 is 0. The van der Waals surface area contributed by atoms with Crippen LogP contribution in [0.5, 0.6) is 11.5 Å². The van der Waals surface area contributed by atoms with Gasteiger partial charge in [0.15, 0.2) is 0 Å². The standard InChI is InChI=1S/C19H20F4N2O4S/c1-25(2)12-9-13-16(28-3)6-5-15(18(13)29-10-12)24-30(26,27)17-7-4-11(20)8-14(17)19(21,22)23/h4-8,12,24H,9-10H2,1-3H3/t12-/m1/s1. The van der Waals surface area contributed by atoms with Crippen LogP contribution >= 0.6 is 0 Å². The van der Waals surface area contributed by atoms with Crippen molar-refractivity contribution >= 4 is 15.7 Å². The molecule has 0 radical (unpaired) electrons. The monoisotopic (exact) mass is 448 g/mol. The Hall–Kier alpha value is -2.53. The number of fused-ring (bicyclic) bond motifs is 1. The number of methoxy groups -OCH3 is 1. The second kappa shape index (κ2) is 7.95. The molecule has 11 heteroatoms. The second-order valence-electron chi connectivity index (χ2n) is 7.00. The molecule has 0 bridgehead atoms. The van der Waals surface area contributed by atoms with Gasteiger partial charge in [-0.15, -0.1) is 0 Å². The summed E-state index contributed by atoms with van der Waals surface area (Å²) in [5, 5.41) is 0. The minimum Gasteiger partial charge on any atom is -0.496 e. The lowest BCUT2D eigenvalue weighted by molar-refractivity contribution is -0.140. The van der Waals surface area contributed by atoms with Crippen molar-refractivity contribution in [2.75, 3.05) is 32.5 Å². The number of likely N-dealkylation sites (N-methyl/N-ethyl adjacent to an activating group) is 1. The van der Waals surface area contributed by atoms with Crippen molar-refractivity contribution in [1.82, 2.24) is 4.90 Å². The van der Waals surface area contributed by atoms with Crippen LogP contribution in [-0.2, 0) is 22.6 Å². The van der Waals surface area contributed by atoms with Crippen molar-refractivity contribution < 1.29 is 35.5 Å². The Labute approximate surface area is 171 Å². The van der Waals surface area contributed by atoms with Gasteiger partial charge in [-0.25, -0.2) is 12.8 Å². The molecule has 1 aliphatic heterocycles. The van der Waals surface area contributed by atoms with Crippen LogP contribution in [0.2, 0.25) is 0 Å². The molecule has 0 aliphatic carbocycles. The van der Waals surface area contributed by atoms with Gasteiger partial charge in [0.05, 0.1) is 23.3 Å². The van der Waals surface area contributed by atoms with E-state index in [1.807, 2.05) is 19.0 Å². The smallest absolute Gasteiger partial charge is 0.417 e. The summed E-state index contributed by atoms with van der Waals surface area (Å²) in [5.41, 5.74) is -1.02. The van der Waals surface area contributed by atoms with Gasteiger partial charge in [-0.1, -0.05) is 0 Å². The number of ether oxygens (including phenoxy) is 2. The minimum atomic E-state index is -5.05. The topological polar surface area (TPSA) is 67.9 Å². The number of halogens is 4. The van der Waals surface area contributed by atoms with E-state index in [0.29, 0.717) is 29.9 Å². The Balaban J connectivity index is 2.05. The molecule has 0 saturated carbocycles. The number of alkyl halides is 3. The fraction of sp³-hybridized carbons (Fsp3) is 0.368. The first-order chi connectivity index (χ1) is 13.9. The van der Waals surface area contributed by atoms with Gasteiger partial charge < -0.3 is 14.4 Å². The molecule has 2 aromatic rings. The Morgan fingerprint density at radius 2 is 1.90 bits per heavy atom. The second-order valence-corrected chi connectivity index (χ2v) is 8.65. The lowest BCUT2D eigenvalue weighted by Gasteiger charge is -2.32. The van der Waals surface area contributed by atoms with E-state index in [2.05, 4.69) is 4.72 Å². The van der Waals surface area contributed by atoms with Crippen LogP contribution in [0.3, 0.4) is 0 Å². The summed E-state index contributed by atoms with van der Waals surface area (Å²) in [6.07, 6.45) is -4.56. The maximum Gasteiger partial charge on any atom is 0.417 e. The van der Waals surface area contributed by atoms with Crippen LogP contribution in [0.4, 0.5) is 23.2 Å². The van der Waals surface area contributed by atoms with Crippen molar-refractivity contribution in [3.63, 3.8) is 0 Å². The van der Waals surface area contributed by atoms with Crippen LogP contribution in [0.1, 0.15) is 11.1 Å². The Morgan fingerprint density at radius 1 is 1.20 bits per heavy atom. The van der Waals surface area contributed by atoms with Crippen molar-refractivity contribution in [1.29, 1.82) is 0 Å². The van der Waals surface area contributed by atoms with E-state index in [0.717, 1.165) is 0 Å². The summed E-state index contributed by atoms with van der Waals surface area (Å²) in [7, 11) is 0.489. The zero-order valence-corrected chi connectivity index (χ0v) is 17.2. The Morgan fingerprint density at radius 3 is 2.50 bits per heavy atom. The molecular weight excluding hydrogens is 428 g/mol. The average Bonchev–Trinajstić information content (AvgIpc) is 2.66. The number of benzene rings is 2. The molecule has 0 saturated heterocycles. The predicted molar refractivity (Wildman–Crippen MR) is 102 cm³/mol. The van der Waals surface area contributed by atoms with Crippen LogP contribution in [0.25, 0.3) is 0 Å². The first-order valence-electron chi connectivity index (χ1n) is 8.82.